The number of fused-ring (bicyclic) bond motifs is 5. The van der Waals surface area contributed by atoms with Crippen LogP contribution in [-0.4, -0.2) is 16.2 Å². The molecule has 1 fully saturated rings. The molecule has 1 heterocycles. The standard InChI is InChI=1S/C32H34FN.C8H6N2O/c33-31-18-13-22(20-26(31)21-34-27-10-2-1-3-11-27)19-25-9-6-8-24-15-16-29-28-12-5-4-7-23(28)14-17-30(29)32(24)25;11-8-7-4-2-1-3-6(7)5-9-10-8/h5-6,8-9,12-13,15-16,18,20,27,34H,1-4,7,10-11,14,17,19,21H2;1-5H,(H,10,11). The summed E-state index contributed by atoms with van der Waals surface area (Å²) >= 11 is 0. The molecule has 1 saturated carbocycles. The fourth-order valence-electron chi connectivity index (χ4n) is 7.41. The van der Waals surface area contributed by atoms with Gasteiger partial charge in [-0.25, -0.2) is 9.49 Å². The van der Waals surface area contributed by atoms with E-state index in [1.807, 2.05) is 24.3 Å². The molecule has 3 aliphatic carbocycles. The lowest BCUT2D eigenvalue weighted by Crippen LogP contribution is -2.30. The normalized spacial score (nSPS) is 16.3. The third-order valence-electron chi connectivity index (χ3n) is 9.75. The van der Waals surface area contributed by atoms with Crippen LogP contribution in [0.25, 0.3) is 27.1 Å². The summed E-state index contributed by atoms with van der Waals surface area (Å²) in [5.74, 6) is -0.0917. The minimum atomic E-state index is -0.136. The highest BCUT2D eigenvalue weighted by Gasteiger charge is 2.22. The molecule has 3 aliphatic rings. The van der Waals surface area contributed by atoms with Crippen molar-refractivity contribution in [2.45, 2.75) is 76.8 Å². The zero-order valence-corrected chi connectivity index (χ0v) is 25.7. The van der Waals surface area contributed by atoms with E-state index in [2.05, 4.69) is 64.1 Å². The van der Waals surface area contributed by atoms with Gasteiger partial charge in [-0.2, -0.15) is 5.10 Å². The van der Waals surface area contributed by atoms with Gasteiger partial charge in [0.15, 0.2) is 0 Å². The van der Waals surface area contributed by atoms with Crippen LogP contribution in [0.4, 0.5) is 4.39 Å². The molecule has 4 aromatic carbocycles. The zero-order valence-electron chi connectivity index (χ0n) is 25.7. The molecule has 0 unspecified atom stereocenters. The van der Waals surface area contributed by atoms with E-state index in [1.54, 1.807) is 23.9 Å². The molecule has 2 N–H and O–H groups in total. The molecule has 5 aromatic rings. The second-order valence-corrected chi connectivity index (χ2v) is 12.7. The first kappa shape index (κ1) is 29.4. The van der Waals surface area contributed by atoms with Crippen molar-refractivity contribution in [3.63, 3.8) is 0 Å². The lowest BCUT2D eigenvalue weighted by Gasteiger charge is -2.26. The summed E-state index contributed by atoms with van der Waals surface area (Å²) in [6, 6.07) is 24.9. The number of benzene rings is 4. The number of aryl methyl sites for hydroxylation is 1. The van der Waals surface area contributed by atoms with Gasteiger partial charge < -0.3 is 5.32 Å². The number of aromatic nitrogens is 2. The Labute approximate surface area is 264 Å². The average molecular weight is 598 g/mol. The van der Waals surface area contributed by atoms with Gasteiger partial charge in [0.05, 0.1) is 6.20 Å². The molecule has 8 rings (SSSR count). The summed E-state index contributed by atoms with van der Waals surface area (Å²) in [4.78, 5) is 11.1. The third kappa shape index (κ3) is 6.41. The summed E-state index contributed by atoms with van der Waals surface area (Å²) < 4.78 is 14.6. The Morgan fingerprint density at radius 2 is 1.73 bits per heavy atom. The second kappa shape index (κ2) is 13.3. The van der Waals surface area contributed by atoms with E-state index in [-0.39, 0.29) is 11.4 Å². The number of rotatable bonds is 5. The van der Waals surface area contributed by atoms with Crippen molar-refractivity contribution >= 4 is 27.1 Å². The largest absolute Gasteiger partial charge is 0.310 e. The molecule has 0 spiro atoms. The SMILES string of the molecule is Fc1ccc(Cc2cccc3ccc4c(c23)CCC2=C4C=CCC2)cc1CNC1CCCCC1.O=c1[nH]ncc2ccccc12. The molecule has 4 nitrogen and oxygen atoms in total. The quantitative estimate of drug-likeness (QED) is 0.213. The first-order chi connectivity index (χ1) is 22.1. The van der Waals surface area contributed by atoms with Crippen LogP contribution >= 0.6 is 0 Å². The lowest BCUT2D eigenvalue weighted by molar-refractivity contribution is 0.370. The van der Waals surface area contributed by atoms with E-state index in [0.29, 0.717) is 18.0 Å². The van der Waals surface area contributed by atoms with Gasteiger partial charge in [0, 0.05) is 28.9 Å². The Bertz CT molecular complexity index is 1960. The van der Waals surface area contributed by atoms with Gasteiger partial charge in [-0.3, -0.25) is 4.79 Å². The van der Waals surface area contributed by atoms with Crippen LogP contribution in [0.1, 0.15) is 79.2 Å². The van der Waals surface area contributed by atoms with Crippen LogP contribution in [0.3, 0.4) is 0 Å². The van der Waals surface area contributed by atoms with Crippen LogP contribution in [0, 0.1) is 5.82 Å². The first-order valence-corrected chi connectivity index (χ1v) is 16.5. The molecular weight excluding hydrogens is 557 g/mol. The average Bonchev–Trinajstić information content (AvgIpc) is 3.09. The monoisotopic (exact) mass is 597 g/mol. The van der Waals surface area contributed by atoms with Crippen molar-refractivity contribution in [2.75, 3.05) is 0 Å². The third-order valence-corrected chi connectivity index (χ3v) is 9.75. The highest BCUT2D eigenvalue weighted by Crippen LogP contribution is 2.41. The van der Waals surface area contributed by atoms with E-state index in [4.69, 9.17) is 0 Å². The molecule has 0 radical (unpaired) electrons. The molecule has 0 aliphatic heterocycles. The molecule has 45 heavy (non-hydrogen) atoms. The number of allylic oxidation sites excluding steroid dienone is 4. The summed E-state index contributed by atoms with van der Waals surface area (Å²) in [5, 5.41) is 13.9. The molecule has 0 amide bonds. The molecular formula is C40H40FN3O. The van der Waals surface area contributed by atoms with Gasteiger partial charge in [0.1, 0.15) is 5.82 Å². The number of nitrogens with zero attached hydrogens (tertiary/aromatic N) is 1. The molecule has 1 aromatic heterocycles. The smallest absolute Gasteiger partial charge is 0.272 e. The Balaban J connectivity index is 0.000000249. The molecule has 0 atom stereocenters. The molecule has 5 heteroatoms. The number of hydrogen-bond acceptors (Lipinski definition) is 3. The lowest BCUT2D eigenvalue weighted by atomic mass is 9.78. The first-order valence-electron chi connectivity index (χ1n) is 16.5. The Kier molecular flexibility index (Phi) is 8.70. The van der Waals surface area contributed by atoms with E-state index >= 15 is 0 Å². The van der Waals surface area contributed by atoms with Crippen molar-refractivity contribution in [3.8, 4) is 0 Å². The Hall–Kier alpha value is -4.35. The van der Waals surface area contributed by atoms with Crippen molar-refractivity contribution in [3.05, 3.63) is 141 Å². The molecule has 228 valence electrons. The number of hydrogen-bond donors (Lipinski definition) is 2. The number of nitrogens with one attached hydrogen (secondary N) is 2. The van der Waals surface area contributed by atoms with Crippen LogP contribution in [-0.2, 0) is 19.4 Å². The Morgan fingerprint density at radius 3 is 2.62 bits per heavy atom. The van der Waals surface area contributed by atoms with Crippen LogP contribution in [0.15, 0.2) is 102 Å². The van der Waals surface area contributed by atoms with Crippen molar-refractivity contribution < 1.29 is 4.39 Å². The maximum absolute atomic E-state index is 14.6. The van der Waals surface area contributed by atoms with Crippen molar-refractivity contribution in [1.29, 1.82) is 0 Å². The summed E-state index contributed by atoms with van der Waals surface area (Å²) in [7, 11) is 0. The predicted octanol–water partition coefficient (Wildman–Crippen LogP) is 8.96. The van der Waals surface area contributed by atoms with Gasteiger partial charge in [0.2, 0.25) is 0 Å². The number of aromatic amines is 1. The predicted molar refractivity (Wildman–Crippen MR) is 183 cm³/mol. The van der Waals surface area contributed by atoms with E-state index in [9.17, 15) is 9.18 Å². The van der Waals surface area contributed by atoms with Crippen LogP contribution in [0.2, 0.25) is 0 Å². The minimum Gasteiger partial charge on any atom is -0.310 e. The van der Waals surface area contributed by atoms with Gasteiger partial charge >= 0.3 is 0 Å². The van der Waals surface area contributed by atoms with Gasteiger partial charge in [0.25, 0.3) is 5.56 Å². The second-order valence-electron chi connectivity index (χ2n) is 12.7. The van der Waals surface area contributed by atoms with E-state index < -0.39 is 0 Å². The minimum absolute atomic E-state index is 0.0917. The maximum Gasteiger partial charge on any atom is 0.272 e. The van der Waals surface area contributed by atoms with Crippen LogP contribution < -0.4 is 10.9 Å². The van der Waals surface area contributed by atoms with E-state index in [1.165, 1.54) is 90.0 Å². The van der Waals surface area contributed by atoms with Gasteiger partial charge in [-0.15, -0.1) is 0 Å². The van der Waals surface area contributed by atoms with Crippen molar-refractivity contribution in [1.82, 2.24) is 15.5 Å². The van der Waals surface area contributed by atoms with Gasteiger partial charge in [-0.05, 0) is 95.7 Å². The summed E-state index contributed by atoms with van der Waals surface area (Å²) in [6.07, 6.45) is 18.2. The summed E-state index contributed by atoms with van der Waals surface area (Å²) in [5.41, 5.74) is 9.22. The highest BCUT2D eigenvalue weighted by molar-refractivity contribution is 5.96. The van der Waals surface area contributed by atoms with Gasteiger partial charge in [-0.1, -0.05) is 97.7 Å². The highest BCUT2D eigenvalue weighted by atomic mass is 19.1. The number of halogens is 1. The summed E-state index contributed by atoms with van der Waals surface area (Å²) in [6.45, 7) is 0.624. The van der Waals surface area contributed by atoms with E-state index in [0.717, 1.165) is 23.8 Å². The van der Waals surface area contributed by atoms with Crippen LogP contribution in [0.5, 0.6) is 0 Å². The maximum atomic E-state index is 14.6. The Morgan fingerprint density at radius 1 is 0.867 bits per heavy atom. The molecule has 0 saturated heterocycles. The topological polar surface area (TPSA) is 57.8 Å². The molecule has 0 bridgehead atoms. The number of H-pyrrole nitrogens is 1. The van der Waals surface area contributed by atoms with Crippen molar-refractivity contribution in [2.24, 2.45) is 0 Å². The fraction of sp³-hybridized carbons (Fsp3) is 0.300. The zero-order chi connectivity index (χ0) is 30.6. The fourth-order valence-corrected chi connectivity index (χ4v) is 7.41.